The lowest BCUT2D eigenvalue weighted by atomic mass is 9.93. The largest absolute Gasteiger partial charge is 0.497 e. The molecule has 1 fully saturated rings. The standard InChI is InChI=1S/C22H33N5O3/c1-5-24-22(26-10-8-16(2)19(14-26)27-11-9-23-15-27)25-13-20(28)18-12-17(29-3)6-7-21(18)30-4/h6-7,9,11-12,15-16,19-20,28H,5,8,10,13-14H2,1-4H3,(H,24,25). The Labute approximate surface area is 178 Å². The zero-order valence-corrected chi connectivity index (χ0v) is 18.3. The SMILES string of the molecule is CCNC(=NCC(O)c1cc(OC)ccc1OC)N1CCC(C)C(n2ccnc2)C1. The quantitative estimate of drug-likeness (QED) is 0.534. The van der Waals surface area contributed by atoms with E-state index in [1.807, 2.05) is 24.8 Å². The lowest BCUT2D eigenvalue weighted by molar-refractivity contribution is 0.176. The molecule has 3 unspecified atom stereocenters. The minimum Gasteiger partial charge on any atom is -0.497 e. The first-order valence-electron chi connectivity index (χ1n) is 10.5. The van der Waals surface area contributed by atoms with Crippen LogP contribution >= 0.6 is 0 Å². The summed E-state index contributed by atoms with van der Waals surface area (Å²) < 4.78 is 12.9. The van der Waals surface area contributed by atoms with Crippen molar-refractivity contribution < 1.29 is 14.6 Å². The molecule has 1 aliphatic rings. The molecule has 3 atom stereocenters. The fourth-order valence-corrected chi connectivity index (χ4v) is 3.89. The maximum atomic E-state index is 10.8. The number of methoxy groups -OCH3 is 2. The van der Waals surface area contributed by atoms with Crippen molar-refractivity contribution in [2.75, 3.05) is 40.4 Å². The maximum Gasteiger partial charge on any atom is 0.194 e. The maximum absolute atomic E-state index is 10.8. The number of piperidine rings is 1. The summed E-state index contributed by atoms with van der Waals surface area (Å²) in [6, 6.07) is 5.75. The molecule has 0 spiro atoms. The van der Waals surface area contributed by atoms with Crippen molar-refractivity contribution in [2.24, 2.45) is 10.9 Å². The number of rotatable bonds is 7. The lowest BCUT2D eigenvalue weighted by Gasteiger charge is -2.39. The van der Waals surface area contributed by atoms with E-state index in [2.05, 4.69) is 33.6 Å². The number of guanidine groups is 1. The van der Waals surface area contributed by atoms with E-state index in [-0.39, 0.29) is 6.54 Å². The Bertz CT molecular complexity index is 824. The van der Waals surface area contributed by atoms with Gasteiger partial charge in [0, 0.05) is 37.6 Å². The van der Waals surface area contributed by atoms with Crippen LogP contribution in [0.4, 0.5) is 0 Å². The second-order valence-corrected chi connectivity index (χ2v) is 7.61. The highest BCUT2D eigenvalue weighted by Gasteiger charge is 2.29. The molecule has 0 amide bonds. The summed E-state index contributed by atoms with van der Waals surface area (Å²) in [5.74, 6) is 2.67. The van der Waals surface area contributed by atoms with Crippen LogP contribution in [0.2, 0.25) is 0 Å². The van der Waals surface area contributed by atoms with Crippen LogP contribution in [0.5, 0.6) is 11.5 Å². The zero-order valence-electron chi connectivity index (χ0n) is 18.3. The monoisotopic (exact) mass is 415 g/mol. The summed E-state index contributed by atoms with van der Waals surface area (Å²) in [5, 5.41) is 14.2. The van der Waals surface area contributed by atoms with Gasteiger partial charge in [0.1, 0.15) is 17.6 Å². The van der Waals surface area contributed by atoms with Crippen LogP contribution < -0.4 is 14.8 Å². The number of aliphatic hydroxyl groups is 1. The van der Waals surface area contributed by atoms with Crippen LogP contribution in [0.25, 0.3) is 0 Å². The molecule has 0 bridgehead atoms. The number of imidazole rings is 1. The molecular weight excluding hydrogens is 382 g/mol. The second-order valence-electron chi connectivity index (χ2n) is 7.61. The van der Waals surface area contributed by atoms with Gasteiger partial charge in [-0.15, -0.1) is 0 Å². The molecule has 164 valence electrons. The lowest BCUT2D eigenvalue weighted by Crippen LogP contribution is -2.49. The van der Waals surface area contributed by atoms with Gasteiger partial charge in [-0.25, -0.2) is 4.98 Å². The summed E-state index contributed by atoms with van der Waals surface area (Å²) in [5.41, 5.74) is 0.667. The number of hydrogen-bond donors (Lipinski definition) is 2. The molecule has 1 aliphatic heterocycles. The van der Waals surface area contributed by atoms with Gasteiger partial charge in [-0.2, -0.15) is 0 Å². The summed E-state index contributed by atoms with van der Waals surface area (Å²) in [6.45, 7) is 7.10. The molecule has 8 heteroatoms. The summed E-state index contributed by atoms with van der Waals surface area (Å²) in [6.07, 6.45) is 6.00. The normalized spacial score (nSPS) is 20.7. The molecule has 2 aromatic rings. The Morgan fingerprint density at radius 2 is 2.20 bits per heavy atom. The molecule has 0 radical (unpaired) electrons. The highest BCUT2D eigenvalue weighted by molar-refractivity contribution is 5.80. The molecular formula is C22H33N5O3. The molecule has 1 aromatic heterocycles. The number of aromatic nitrogens is 2. The first-order chi connectivity index (χ1) is 14.6. The fraction of sp³-hybridized carbons (Fsp3) is 0.545. The van der Waals surface area contributed by atoms with E-state index >= 15 is 0 Å². The molecule has 1 aromatic carbocycles. The Balaban J connectivity index is 1.76. The van der Waals surface area contributed by atoms with Crippen LogP contribution in [-0.2, 0) is 0 Å². The van der Waals surface area contributed by atoms with Crippen molar-refractivity contribution in [3.05, 3.63) is 42.5 Å². The van der Waals surface area contributed by atoms with E-state index in [1.54, 1.807) is 26.4 Å². The van der Waals surface area contributed by atoms with Gasteiger partial charge in [0.2, 0.25) is 0 Å². The third-order valence-corrected chi connectivity index (χ3v) is 5.67. The molecule has 3 rings (SSSR count). The van der Waals surface area contributed by atoms with Crippen molar-refractivity contribution in [1.82, 2.24) is 19.8 Å². The summed E-state index contributed by atoms with van der Waals surface area (Å²) >= 11 is 0. The molecule has 0 aliphatic carbocycles. The van der Waals surface area contributed by atoms with Crippen LogP contribution in [0.1, 0.15) is 38.0 Å². The number of likely N-dealkylation sites (tertiary alicyclic amines) is 1. The van der Waals surface area contributed by atoms with Crippen molar-refractivity contribution in [1.29, 1.82) is 0 Å². The van der Waals surface area contributed by atoms with E-state index in [1.165, 1.54) is 0 Å². The molecule has 30 heavy (non-hydrogen) atoms. The number of aliphatic hydroxyl groups excluding tert-OH is 1. The number of aliphatic imine (C=N–C) groups is 1. The van der Waals surface area contributed by atoms with E-state index < -0.39 is 6.10 Å². The van der Waals surface area contributed by atoms with Gasteiger partial charge in [-0.3, -0.25) is 4.99 Å². The first kappa shape index (κ1) is 22.0. The van der Waals surface area contributed by atoms with Gasteiger partial charge in [-0.05, 0) is 37.5 Å². The van der Waals surface area contributed by atoms with E-state index in [0.717, 1.165) is 32.0 Å². The predicted molar refractivity (Wildman–Crippen MR) is 117 cm³/mol. The van der Waals surface area contributed by atoms with Crippen LogP contribution in [0.15, 0.2) is 41.9 Å². The van der Waals surface area contributed by atoms with Crippen molar-refractivity contribution in [3.8, 4) is 11.5 Å². The highest BCUT2D eigenvalue weighted by atomic mass is 16.5. The average molecular weight is 416 g/mol. The third-order valence-electron chi connectivity index (χ3n) is 5.67. The van der Waals surface area contributed by atoms with Crippen molar-refractivity contribution in [3.63, 3.8) is 0 Å². The van der Waals surface area contributed by atoms with E-state index in [0.29, 0.717) is 29.0 Å². The number of ether oxygens (including phenoxy) is 2. The smallest absolute Gasteiger partial charge is 0.194 e. The average Bonchev–Trinajstić information content (AvgIpc) is 3.31. The Kier molecular flexibility index (Phi) is 7.57. The number of benzene rings is 1. The van der Waals surface area contributed by atoms with Crippen molar-refractivity contribution >= 4 is 5.96 Å². The van der Waals surface area contributed by atoms with Gasteiger partial charge < -0.3 is 29.4 Å². The topological polar surface area (TPSA) is 84.1 Å². The van der Waals surface area contributed by atoms with Gasteiger partial charge in [0.05, 0.1) is 33.1 Å². The molecule has 2 heterocycles. The van der Waals surface area contributed by atoms with E-state index in [4.69, 9.17) is 14.5 Å². The number of nitrogens with zero attached hydrogens (tertiary/aromatic N) is 4. The van der Waals surface area contributed by atoms with E-state index in [9.17, 15) is 5.11 Å². The Morgan fingerprint density at radius 1 is 1.37 bits per heavy atom. The minimum atomic E-state index is -0.795. The van der Waals surface area contributed by atoms with Gasteiger partial charge in [0.25, 0.3) is 0 Å². The first-order valence-corrected chi connectivity index (χ1v) is 10.5. The van der Waals surface area contributed by atoms with Crippen LogP contribution in [-0.4, -0.2) is 65.9 Å². The van der Waals surface area contributed by atoms with Crippen molar-refractivity contribution in [2.45, 2.75) is 32.4 Å². The fourth-order valence-electron chi connectivity index (χ4n) is 3.89. The Hall–Kier alpha value is -2.74. The second kappa shape index (κ2) is 10.3. The molecule has 1 saturated heterocycles. The molecule has 8 nitrogen and oxygen atoms in total. The van der Waals surface area contributed by atoms with Crippen LogP contribution in [0.3, 0.4) is 0 Å². The summed E-state index contributed by atoms with van der Waals surface area (Å²) in [7, 11) is 3.20. The summed E-state index contributed by atoms with van der Waals surface area (Å²) in [4.78, 5) is 11.2. The van der Waals surface area contributed by atoms with Crippen LogP contribution in [0, 0.1) is 5.92 Å². The van der Waals surface area contributed by atoms with Gasteiger partial charge >= 0.3 is 0 Å². The highest BCUT2D eigenvalue weighted by Crippen LogP contribution is 2.30. The Morgan fingerprint density at radius 3 is 2.87 bits per heavy atom. The zero-order chi connectivity index (χ0) is 21.5. The minimum absolute atomic E-state index is 0.230. The molecule has 0 saturated carbocycles. The predicted octanol–water partition coefficient (Wildman–Crippen LogP) is 2.48. The van der Waals surface area contributed by atoms with Gasteiger partial charge in [0.15, 0.2) is 5.96 Å². The molecule has 2 N–H and O–H groups in total. The third kappa shape index (κ3) is 5.05. The number of hydrogen-bond acceptors (Lipinski definition) is 5. The number of nitrogens with one attached hydrogen (secondary N) is 1. The van der Waals surface area contributed by atoms with Gasteiger partial charge in [-0.1, -0.05) is 6.92 Å².